The highest BCUT2D eigenvalue weighted by Gasteiger charge is 2.08. The summed E-state index contributed by atoms with van der Waals surface area (Å²) in [4.78, 5) is 1.80. The zero-order chi connectivity index (χ0) is 13.8. The number of benzene rings is 2. The fourth-order valence-electron chi connectivity index (χ4n) is 1.81. The Morgan fingerprint density at radius 2 is 1.95 bits per heavy atom. The van der Waals surface area contributed by atoms with Crippen molar-refractivity contribution in [2.45, 2.75) is 6.54 Å². The molecule has 0 unspecified atom stereocenters. The Morgan fingerprint density at radius 3 is 2.63 bits per heavy atom. The van der Waals surface area contributed by atoms with Crippen molar-refractivity contribution in [2.24, 2.45) is 0 Å². The number of nitrogens with zero attached hydrogens (tertiary/aromatic N) is 2. The largest absolute Gasteiger partial charge is 0.370 e. The Balaban J connectivity index is 2.20. The second-order valence-electron chi connectivity index (χ2n) is 4.25. The van der Waals surface area contributed by atoms with Crippen LogP contribution in [0.25, 0.3) is 0 Å². The molecule has 0 radical (unpaired) electrons. The molecular formula is C15H12F2N2. The number of hydrogen-bond donors (Lipinski definition) is 0. The van der Waals surface area contributed by atoms with Crippen LogP contribution in [0.5, 0.6) is 0 Å². The summed E-state index contributed by atoms with van der Waals surface area (Å²) in [5.74, 6) is -1.15. The van der Waals surface area contributed by atoms with Gasteiger partial charge >= 0.3 is 0 Å². The van der Waals surface area contributed by atoms with Crippen LogP contribution in [0.3, 0.4) is 0 Å². The SMILES string of the molecule is CN(Cc1ccc(F)cc1F)c1cccc(C#N)c1. The molecule has 96 valence electrons. The van der Waals surface area contributed by atoms with Gasteiger partial charge in [-0.15, -0.1) is 0 Å². The van der Waals surface area contributed by atoms with Gasteiger partial charge in [-0.25, -0.2) is 8.78 Å². The van der Waals surface area contributed by atoms with E-state index in [1.807, 2.05) is 6.07 Å². The maximum Gasteiger partial charge on any atom is 0.131 e. The summed E-state index contributed by atoms with van der Waals surface area (Å²) in [6, 6.07) is 12.6. The zero-order valence-electron chi connectivity index (χ0n) is 10.4. The molecule has 0 heterocycles. The molecule has 0 saturated carbocycles. The van der Waals surface area contributed by atoms with E-state index in [1.165, 1.54) is 12.1 Å². The number of nitriles is 1. The average Bonchev–Trinajstić information content (AvgIpc) is 2.42. The Labute approximate surface area is 110 Å². The van der Waals surface area contributed by atoms with Crippen LogP contribution in [0.2, 0.25) is 0 Å². The predicted molar refractivity (Wildman–Crippen MR) is 69.6 cm³/mol. The third kappa shape index (κ3) is 3.08. The van der Waals surface area contributed by atoms with Crippen LogP contribution >= 0.6 is 0 Å². The highest BCUT2D eigenvalue weighted by molar-refractivity contribution is 5.51. The number of hydrogen-bond acceptors (Lipinski definition) is 2. The molecule has 0 N–H and O–H groups in total. The van der Waals surface area contributed by atoms with E-state index < -0.39 is 11.6 Å². The van der Waals surface area contributed by atoms with Gasteiger partial charge in [-0.1, -0.05) is 12.1 Å². The van der Waals surface area contributed by atoms with Crippen LogP contribution < -0.4 is 4.90 Å². The summed E-state index contributed by atoms with van der Waals surface area (Å²) in [6.07, 6.45) is 0. The van der Waals surface area contributed by atoms with Gasteiger partial charge in [-0.05, 0) is 24.3 Å². The molecule has 0 atom stereocenters. The number of anilines is 1. The lowest BCUT2D eigenvalue weighted by Crippen LogP contribution is -2.17. The quantitative estimate of drug-likeness (QED) is 0.842. The summed E-state index contributed by atoms with van der Waals surface area (Å²) >= 11 is 0. The first-order chi connectivity index (χ1) is 9.10. The van der Waals surface area contributed by atoms with Crippen molar-refractivity contribution in [3.8, 4) is 6.07 Å². The van der Waals surface area contributed by atoms with E-state index in [2.05, 4.69) is 6.07 Å². The molecule has 0 fully saturated rings. The maximum absolute atomic E-state index is 13.6. The lowest BCUT2D eigenvalue weighted by Gasteiger charge is -2.19. The smallest absolute Gasteiger partial charge is 0.131 e. The van der Waals surface area contributed by atoms with Crippen LogP contribution in [-0.2, 0) is 6.54 Å². The average molecular weight is 258 g/mol. The molecule has 0 bridgehead atoms. The fourth-order valence-corrected chi connectivity index (χ4v) is 1.81. The van der Waals surface area contributed by atoms with Crippen molar-refractivity contribution in [3.63, 3.8) is 0 Å². The van der Waals surface area contributed by atoms with Crippen molar-refractivity contribution in [2.75, 3.05) is 11.9 Å². The topological polar surface area (TPSA) is 27.0 Å². The van der Waals surface area contributed by atoms with Gasteiger partial charge in [-0.3, -0.25) is 0 Å². The standard InChI is InChI=1S/C15H12F2N2/c1-19(14-4-2-3-11(7-14)9-18)10-12-5-6-13(16)8-15(12)17/h2-8H,10H2,1H3. The number of halogens is 2. The highest BCUT2D eigenvalue weighted by atomic mass is 19.1. The molecule has 2 aromatic rings. The van der Waals surface area contributed by atoms with E-state index in [0.717, 1.165) is 11.8 Å². The van der Waals surface area contributed by atoms with Crippen molar-refractivity contribution in [1.82, 2.24) is 0 Å². The van der Waals surface area contributed by atoms with Crippen LogP contribution in [0, 0.1) is 23.0 Å². The lowest BCUT2D eigenvalue weighted by molar-refractivity contribution is 0.571. The first kappa shape index (κ1) is 13.0. The minimum atomic E-state index is -0.588. The van der Waals surface area contributed by atoms with Crippen molar-refractivity contribution in [3.05, 3.63) is 65.2 Å². The van der Waals surface area contributed by atoms with E-state index in [9.17, 15) is 8.78 Å². The normalized spacial score (nSPS) is 10.0. The second kappa shape index (κ2) is 5.49. The Kier molecular flexibility index (Phi) is 3.76. The van der Waals surface area contributed by atoms with E-state index in [4.69, 9.17) is 5.26 Å². The molecule has 0 saturated heterocycles. The Morgan fingerprint density at radius 1 is 1.16 bits per heavy atom. The van der Waals surface area contributed by atoms with Crippen LogP contribution in [0.1, 0.15) is 11.1 Å². The van der Waals surface area contributed by atoms with Gasteiger partial charge in [0.25, 0.3) is 0 Å². The minimum Gasteiger partial charge on any atom is -0.370 e. The van der Waals surface area contributed by atoms with Gasteiger partial charge in [0, 0.05) is 30.9 Å². The van der Waals surface area contributed by atoms with Gasteiger partial charge < -0.3 is 4.90 Å². The highest BCUT2D eigenvalue weighted by Crippen LogP contribution is 2.18. The predicted octanol–water partition coefficient (Wildman–Crippen LogP) is 3.47. The van der Waals surface area contributed by atoms with E-state index in [-0.39, 0.29) is 0 Å². The molecule has 0 aliphatic heterocycles. The molecule has 2 rings (SSSR count). The fraction of sp³-hybridized carbons (Fsp3) is 0.133. The molecule has 4 heteroatoms. The second-order valence-corrected chi connectivity index (χ2v) is 4.25. The molecule has 2 nitrogen and oxygen atoms in total. The summed E-state index contributed by atoms with van der Waals surface area (Å²) in [5, 5.41) is 8.84. The van der Waals surface area contributed by atoms with Crippen molar-refractivity contribution < 1.29 is 8.78 Å². The van der Waals surface area contributed by atoms with Gasteiger partial charge in [0.05, 0.1) is 11.6 Å². The minimum absolute atomic E-state index is 0.307. The number of rotatable bonds is 3. The summed E-state index contributed by atoms with van der Waals surface area (Å²) in [5.41, 5.74) is 1.76. The molecule has 0 amide bonds. The van der Waals surface area contributed by atoms with Crippen molar-refractivity contribution >= 4 is 5.69 Å². The first-order valence-corrected chi connectivity index (χ1v) is 5.75. The third-order valence-corrected chi connectivity index (χ3v) is 2.84. The maximum atomic E-state index is 13.6. The molecule has 0 aliphatic carbocycles. The monoisotopic (exact) mass is 258 g/mol. The van der Waals surface area contributed by atoms with E-state index in [0.29, 0.717) is 17.7 Å². The molecule has 19 heavy (non-hydrogen) atoms. The first-order valence-electron chi connectivity index (χ1n) is 5.75. The van der Waals surface area contributed by atoms with Gasteiger partial charge in [0.2, 0.25) is 0 Å². The molecular weight excluding hydrogens is 246 g/mol. The third-order valence-electron chi connectivity index (χ3n) is 2.84. The zero-order valence-corrected chi connectivity index (χ0v) is 10.4. The molecule has 2 aromatic carbocycles. The Hall–Kier alpha value is -2.41. The van der Waals surface area contributed by atoms with E-state index in [1.54, 1.807) is 30.1 Å². The summed E-state index contributed by atoms with van der Waals surface area (Å²) in [7, 11) is 1.79. The van der Waals surface area contributed by atoms with Gasteiger partial charge in [-0.2, -0.15) is 5.26 Å². The Bertz CT molecular complexity index is 632. The van der Waals surface area contributed by atoms with Crippen LogP contribution in [-0.4, -0.2) is 7.05 Å². The molecule has 0 spiro atoms. The van der Waals surface area contributed by atoms with Gasteiger partial charge in [0.15, 0.2) is 0 Å². The summed E-state index contributed by atoms with van der Waals surface area (Å²) < 4.78 is 26.4. The molecule has 0 aliphatic rings. The van der Waals surface area contributed by atoms with Crippen LogP contribution in [0.15, 0.2) is 42.5 Å². The lowest BCUT2D eigenvalue weighted by atomic mass is 10.1. The molecule has 0 aromatic heterocycles. The van der Waals surface area contributed by atoms with Crippen molar-refractivity contribution in [1.29, 1.82) is 5.26 Å². The van der Waals surface area contributed by atoms with Gasteiger partial charge in [0.1, 0.15) is 11.6 Å². The summed E-state index contributed by atoms with van der Waals surface area (Å²) in [6.45, 7) is 0.307. The van der Waals surface area contributed by atoms with E-state index >= 15 is 0 Å². The van der Waals surface area contributed by atoms with Crippen LogP contribution in [0.4, 0.5) is 14.5 Å².